The van der Waals surface area contributed by atoms with Crippen molar-refractivity contribution in [1.82, 2.24) is 25.5 Å². The molecule has 1 heterocycles. The van der Waals surface area contributed by atoms with Crippen LogP contribution in [0.25, 0.3) is 5.69 Å². The summed E-state index contributed by atoms with van der Waals surface area (Å²) < 4.78 is 8.85. The zero-order valence-electron chi connectivity index (χ0n) is 18.2. The Morgan fingerprint density at radius 3 is 2.62 bits per heavy atom. The summed E-state index contributed by atoms with van der Waals surface area (Å²) in [5.74, 6) is 1.76. The highest BCUT2D eigenvalue weighted by Crippen LogP contribution is 2.25. The second-order valence-electron chi connectivity index (χ2n) is 7.22. The van der Waals surface area contributed by atoms with Gasteiger partial charge in [0.1, 0.15) is 12.4 Å². The molecule has 0 atom stereocenters. The molecule has 0 spiro atoms. The van der Waals surface area contributed by atoms with Crippen LogP contribution >= 0.6 is 51.7 Å². The number of tetrazole rings is 1. The monoisotopic (exact) mass is 579 g/mol. The highest BCUT2D eigenvalue weighted by Gasteiger charge is 2.09. The van der Waals surface area contributed by atoms with E-state index in [1.54, 1.807) is 16.4 Å². The Morgan fingerprint density at radius 2 is 1.79 bits per heavy atom. The molecule has 178 valence electrons. The summed E-state index contributed by atoms with van der Waals surface area (Å²) in [5, 5.41) is 17.1. The van der Waals surface area contributed by atoms with Crippen LogP contribution in [0.4, 0.5) is 0 Å². The van der Waals surface area contributed by atoms with Gasteiger partial charge in [-0.25, -0.2) is 0 Å². The van der Waals surface area contributed by atoms with Crippen molar-refractivity contribution in [3.05, 3.63) is 93.4 Å². The van der Waals surface area contributed by atoms with E-state index in [1.165, 1.54) is 0 Å². The molecule has 0 aliphatic heterocycles. The van der Waals surface area contributed by atoms with E-state index in [9.17, 15) is 0 Å². The number of ether oxygens (including phenoxy) is 1. The van der Waals surface area contributed by atoms with Gasteiger partial charge in [0.15, 0.2) is 0 Å². The van der Waals surface area contributed by atoms with E-state index in [1.807, 2.05) is 66.7 Å². The van der Waals surface area contributed by atoms with Gasteiger partial charge in [-0.3, -0.25) is 0 Å². The summed E-state index contributed by atoms with van der Waals surface area (Å²) in [5.41, 5.74) is 3.02. The quantitative estimate of drug-likeness (QED) is 0.165. The second kappa shape index (κ2) is 13.7. The molecule has 0 fully saturated rings. The highest BCUT2D eigenvalue weighted by molar-refractivity contribution is 9.10. The van der Waals surface area contributed by atoms with Gasteiger partial charge < -0.3 is 10.1 Å². The molecule has 1 N–H and O–H groups in total. The number of aromatic nitrogens is 4. The number of benzene rings is 3. The Labute approximate surface area is 223 Å². The lowest BCUT2D eigenvalue weighted by atomic mass is 10.2. The van der Waals surface area contributed by atoms with Crippen LogP contribution in [0.1, 0.15) is 17.5 Å². The molecule has 0 amide bonds. The van der Waals surface area contributed by atoms with Gasteiger partial charge in [-0.05, 0) is 59.8 Å². The lowest BCUT2D eigenvalue weighted by molar-refractivity contribution is 0.302. The molecule has 10 heteroatoms. The lowest BCUT2D eigenvalue weighted by Gasteiger charge is -2.13. The average Bonchev–Trinajstić information content (AvgIpc) is 3.31. The highest BCUT2D eigenvalue weighted by atomic mass is 79.9. The molecular formula is C24H24BrCl2N5OS. The second-order valence-corrected chi connectivity index (χ2v) is 9.60. The summed E-state index contributed by atoms with van der Waals surface area (Å²) in [7, 11) is 0. The van der Waals surface area contributed by atoms with Crippen LogP contribution in [-0.4, -0.2) is 32.5 Å². The van der Waals surface area contributed by atoms with E-state index >= 15 is 0 Å². The third kappa shape index (κ3) is 7.45. The molecule has 34 heavy (non-hydrogen) atoms. The third-order valence-electron chi connectivity index (χ3n) is 4.85. The number of hydrogen-bond donors (Lipinski definition) is 1. The van der Waals surface area contributed by atoms with E-state index in [0.717, 1.165) is 50.9 Å². The van der Waals surface area contributed by atoms with Crippen LogP contribution in [-0.2, 0) is 13.2 Å². The van der Waals surface area contributed by atoms with Gasteiger partial charge in [0.25, 0.3) is 0 Å². The van der Waals surface area contributed by atoms with Crippen LogP contribution in [0.2, 0.25) is 5.02 Å². The van der Waals surface area contributed by atoms with Crippen molar-refractivity contribution in [3.8, 4) is 11.4 Å². The summed E-state index contributed by atoms with van der Waals surface area (Å²) in [4.78, 5) is 0. The Bertz CT molecular complexity index is 1180. The van der Waals surface area contributed by atoms with Crippen molar-refractivity contribution in [2.24, 2.45) is 0 Å². The van der Waals surface area contributed by atoms with Crippen molar-refractivity contribution in [2.75, 3.05) is 12.3 Å². The first-order chi connectivity index (χ1) is 16.2. The van der Waals surface area contributed by atoms with Crippen LogP contribution in [0.5, 0.6) is 5.75 Å². The van der Waals surface area contributed by atoms with Crippen LogP contribution in [0, 0.1) is 0 Å². The SMILES string of the molecule is Cl.Clc1ccccc1COc1ccc(Br)cc1CNCCCSc1nnnn1-c1ccccc1. The van der Waals surface area contributed by atoms with Gasteiger partial charge in [0.05, 0.1) is 5.69 Å². The Kier molecular flexibility index (Phi) is 10.7. The average molecular weight is 581 g/mol. The molecule has 6 nitrogen and oxygen atoms in total. The van der Waals surface area contributed by atoms with Gasteiger partial charge >= 0.3 is 0 Å². The molecule has 0 aliphatic rings. The predicted octanol–water partition coefficient (Wildman–Crippen LogP) is 6.35. The van der Waals surface area contributed by atoms with Crippen molar-refractivity contribution in [3.63, 3.8) is 0 Å². The van der Waals surface area contributed by atoms with Crippen molar-refractivity contribution < 1.29 is 4.74 Å². The normalized spacial score (nSPS) is 10.6. The van der Waals surface area contributed by atoms with Crippen molar-refractivity contribution >= 4 is 51.7 Å². The number of nitrogens with zero attached hydrogens (tertiary/aromatic N) is 4. The predicted molar refractivity (Wildman–Crippen MR) is 143 cm³/mol. The van der Waals surface area contributed by atoms with E-state index in [4.69, 9.17) is 16.3 Å². The molecule has 0 bridgehead atoms. The lowest BCUT2D eigenvalue weighted by Crippen LogP contribution is -2.16. The van der Waals surface area contributed by atoms with Crippen LogP contribution in [0.15, 0.2) is 82.4 Å². The number of thioether (sulfide) groups is 1. The maximum atomic E-state index is 6.25. The fourth-order valence-electron chi connectivity index (χ4n) is 3.18. The van der Waals surface area contributed by atoms with Crippen LogP contribution < -0.4 is 10.1 Å². The number of rotatable bonds is 11. The Morgan fingerprint density at radius 1 is 1.00 bits per heavy atom. The van der Waals surface area contributed by atoms with E-state index in [0.29, 0.717) is 18.2 Å². The molecular weight excluding hydrogens is 557 g/mol. The number of nitrogens with one attached hydrogen (secondary N) is 1. The minimum absolute atomic E-state index is 0. The van der Waals surface area contributed by atoms with Gasteiger partial charge in [-0.1, -0.05) is 75.7 Å². The number of para-hydroxylation sites is 1. The van der Waals surface area contributed by atoms with E-state index in [-0.39, 0.29) is 12.4 Å². The first-order valence-corrected chi connectivity index (χ1v) is 12.7. The Balaban J connectivity index is 0.00000324. The first-order valence-electron chi connectivity index (χ1n) is 10.5. The molecule has 4 rings (SSSR count). The largest absolute Gasteiger partial charge is 0.489 e. The molecule has 0 saturated heterocycles. The third-order valence-corrected chi connectivity index (χ3v) is 6.72. The van der Waals surface area contributed by atoms with Gasteiger partial charge in [-0.15, -0.1) is 17.5 Å². The molecule has 0 unspecified atom stereocenters. The molecule has 0 radical (unpaired) electrons. The van der Waals surface area contributed by atoms with Crippen molar-refractivity contribution in [1.29, 1.82) is 0 Å². The van der Waals surface area contributed by atoms with E-state index < -0.39 is 0 Å². The molecule has 0 aliphatic carbocycles. The van der Waals surface area contributed by atoms with Crippen LogP contribution in [0.3, 0.4) is 0 Å². The van der Waals surface area contributed by atoms with Crippen molar-refractivity contribution in [2.45, 2.75) is 24.7 Å². The standard InChI is InChI=1S/C24H23BrClN5OS.ClH/c25-20-11-12-23(32-17-18-7-4-5-10-22(18)26)19(15-20)16-27-13-6-14-33-24-28-29-30-31(24)21-8-2-1-3-9-21;/h1-5,7-12,15,27H,6,13-14,16-17H2;1H. The maximum Gasteiger partial charge on any atom is 0.214 e. The molecule has 0 saturated carbocycles. The van der Waals surface area contributed by atoms with Gasteiger partial charge in [-0.2, -0.15) is 4.68 Å². The fourth-order valence-corrected chi connectivity index (χ4v) is 4.61. The number of hydrogen-bond acceptors (Lipinski definition) is 6. The maximum absolute atomic E-state index is 6.25. The topological polar surface area (TPSA) is 64.9 Å². The number of halogens is 3. The molecule has 4 aromatic rings. The van der Waals surface area contributed by atoms with Gasteiger partial charge in [0, 0.05) is 32.9 Å². The molecule has 3 aromatic carbocycles. The van der Waals surface area contributed by atoms with E-state index in [2.05, 4.69) is 42.8 Å². The summed E-state index contributed by atoms with van der Waals surface area (Å²) in [6.45, 7) is 2.02. The smallest absolute Gasteiger partial charge is 0.214 e. The minimum atomic E-state index is 0. The fraction of sp³-hybridized carbons (Fsp3) is 0.208. The molecule has 1 aromatic heterocycles. The minimum Gasteiger partial charge on any atom is -0.489 e. The zero-order valence-corrected chi connectivity index (χ0v) is 22.2. The van der Waals surface area contributed by atoms with Gasteiger partial charge in [0.2, 0.25) is 5.16 Å². The first kappa shape index (κ1) is 26.5. The summed E-state index contributed by atoms with van der Waals surface area (Å²) >= 11 is 11.5. The summed E-state index contributed by atoms with van der Waals surface area (Å²) in [6.07, 6.45) is 0.982. The summed E-state index contributed by atoms with van der Waals surface area (Å²) in [6, 6.07) is 23.7. The zero-order chi connectivity index (χ0) is 22.9. The Hall–Kier alpha value is -2.10.